The first-order chi connectivity index (χ1) is 11.9. The molecule has 8 heteroatoms. The number of esters is 2. The van der Waals surface area contributed by atoms with E-state index in [0.717, 1.165) is 4.88 Å². The average molecular weight is 381 g/mol. The number of carbonyl (C=O) groups excluding carboxylic acids is 3. The fraction of sp³-hybridized carbons (Fsp3) is 0.353. The van der Waals surface area contributed by atoms with Crippen LogP contribution in [0.1, 0.15) is 51.6 Å². The highest BCUT2D eigenvalue weighted by molar-refractivity contribution is 7.16. The highest BCUT2D eigenvalue weighted by Crippen LogP contribution is 2.33. The fourth-order valence-electron chi connectivity index (χ4n) is 1.91. The summed E-state index contributed by atoms with van der Waals surface area (Å²) in [7, 11) is 0. The van der Waals surface area contributed by atoms with Gasteiger partial charge in [-0.25, -0.2) is 9.59 Å². The van der Waals surface area contributed by atoms with Gasteiger partial charge in [-0.2, -0.15) is 0 Å². The van der Waals surface area contributed by atoms with Crippen LogP contribution in [0.3, 0.4) is 0 Å². The van der Waals surface area contributed by atoms with E-state index in [1.807, 2.05) is 13.8 Å². The largest absolute Gasteiger partial charge is 0.462 e. The van der Waals surface area contributed by atoms with E-state index < -0.39 is 24.5 Å². The Balaban J connectivity index is 2.03. The Morgan fingerprint density at radius 1 is 1.20 bits per heavy atom. The van der Waals surface area contributed by atoms with Crippen LogP contribution in [0.5, 0.6) is 0 Å². The number of anilines is 1. The summed E-state index contributed by atoms with van der Waals surface area (Å²) < 4.78 is 9.99. The van der Waals surface area contributed by atoms with Crippen LogP contribution < -0.4 is 5.32 Å². The number of rotatable bonds is 7. The first-order valence-corrected chi connectivity index (χ1v) is 9.43. The van der Waals surface area contributed by atoms with Crippen molar-refractivity contribution >= 4 is 45.5 Å². The van der Waals surface area contributed by atoms with E-state index in [4.69, 9.17) is 9.47 Å². The van der Waals surface area contributed by atoms with Gasteiger partial charge in [-0.05, 0) is 30.4 Å². The number of nitrogens with one attached hydrogen (secondary N) is 1. The Morgan fingerprint density at radius 2 is 1.96 bits per heavy atom. The molecule has 1 N–H and O–H groups in total. The summed E-state index contributed by atoms with van der Waals surface area (Å²) in [5.74, 6) is -1.34. The molecule has 0 spiro atoms. The van der Waals surface area contributed by atoms with Gasteiger partial charge in [-0.3, -0.25) is 4.79 Å². The number of hydrogen-bond donors (Lipinski definition) is 1. The molecule has 0 aliphatic heterocycles. The predicted octanol–water partition coefficient (Wildman–Crippen LogP) is 3.91. The van der Waals surface area contributed by atoms with Crippen LogP contribution in [-0.2, 0) is 14.3 Å². The van der Waals surface area contributed by atoms with Gasteiger partial charge in [0.15, 0.2) is 6.61 Å². The van der Waals surface area contributed by atoms with Crippen molar-refractivity contribution in [2.45, 2.75) is 26.7 Å². The van der Waals surface area contributed by atoms with Crippen LogP contribution in [-0.4, -0.2) is 31.1 Å². The highest BCUT2D eigenvalue weighted by Gasteiger charge is 2.21. The van der Waals surface area contributed by atoms with E-state index in [9.17, 15) is 14.4 Å². The summed E-state index contributed by atoms with van der Waals surface area (Å²) >= 11 is 2.55. The Labute approximate surface area is 153 Å². The Morgan fingerprint density at radius 3 is 2.56 bits per heavy atom. The molecule has 2 heterocycles. The van der Waals surface area contributed by atoms with Crippen LogP contribution in [0.25, 0.3) is 0 Å². The minimum absolute atomic E-state index is 0.209. The third-order valence-electron chi connectivity index (χ3n) is 3.13. The molecule has 2 aromatic heterocycles. The minimum atomic E-state index is -0.551. The summed E-state index contributed by atoms with van der Waals surface area (Å²) in [6.45, 7) is 5.53. The van der Waals surface area contributed by atoms with E-state index in [1.165, 1.54) is 22.7 Å². The maximum absolute atomic E-state index is 12.1. The summed E-state index contributed by atoms with van der Waals surface area (Å²) in [4.78, 5) is 37.3. The average Bonchev–Trinajstić information content (AvgIpc) is 3.22. The van der Waals surface area contributed by atoms with Crippen molar-refractivity contribution in [2.75, 3.05) is 18.5 Å². The van der Waals surface area contributed by atoms with Crippen molar-refractivity contribution in [3.63, 3.8) is 0 Å². The zero-order valence-electron chi connectivity index (χ0n) is 14.2. The molecule has 1 amide bonds. The predicted molar refractivity (Wildman–Crippen MR) is 97.6 cm³/mol. The molecule has 0 radical (unpaired) electrons. The van der Waals surface area contributed by atoms with Gasteiger partial charge in [-0.1, -0.05) is 19.9 Å². The van der Waals surface area contributed by atoms with Crippen molar-refractivity contribution in [1.29, 1.82) is 0 Å². The second-order valence-electron chi connectivity index (χ2n) is 5.37. The molecule has 0 aliphatic carbocycles. The monoisotopic (exact) mass is 381 g/mol. The molecule has 0 saturated carbocycles. The third-order valence-corrected chi connectivity index (χ3v) is 5.33. The van der Waals surface area contributed by atoms with Gasteiger partial charge >= 0.3 is 11.9 Å². The van der Waals surface area contributed by atoms with E-state index in [2.05, 4.69) is 5.32 Å². The molecule has 134 valence electrons. The Kier molecular flexibility index (Phi) is 6.72. The van der Waals surface area contributed by atoms with Crippen molar-refractivity contribution in [1.82, 2.24) is 0 Å². The van der Waals surface area contributed by atoms with Crippen LogP contribution in [0.15, 0.2) is 23.6 Å². The van der Waals surface area contributed by atoms with Gasteiger partial charge in [0, 0.05) is 4.88 Å². The molecule has 2 rings (SSSR count). The van der Waals surface area contributed by atoms with Gasteiger partial charge in [0.25, 0.3) is 5.91 Å². The van der Waals surface area contributed by atoms with Crippen molar-refractivity contribution in [3.8, 4) is 0 Å². The molecular formula is C17H19NO5S2. The van der Waals surface area contributed by atoms with Crippen LogP contribution in [0, 0.1) is 0 Å². The second kappa shape index (κ2) is 8.77. The van der Waals surface area contributed by atoms with Crippen LogP contribution >= 0.6 is 22.7 Å². The topological polar surface area (TPSA) is 81.7 Å². The molecule has 6 nitrogen and oxygen atoms in total. The second-order valence-corrected chi connectivity index (χ2v) is 7.40. The molecule has 0 atom stereocenters. The third kappa shape index (κ3) is 5.14. The normalized spacial score (nSPS) is 10.6. The number of amides is 1. The number of carbonyl (C=O) groups is 3. The lowest BCUT2D eigenvalue weighted by Gasteiger charge is -2.06. The minimum Gasteiger partial charge on any atom is -0.462 e. The highest BCUT2D eigenvalue weighted by atomic mass is 32.1. The van der Waals surface area contributed by atoms with E-state index in [1.54, 1.807) is 30.5 Å². The Bertz CT molecular complexity index is 749. The Hall–Kier alpha value is -2.19. The molecule has 25 heavy (non-hydrogen) atoms. The van der Waals surface area contributed by atoms with Gasteiger partial charge < -0.3 is 14.8 Å². The first-order valence-electron chi connectivity index (χ1n) is 7.73. The molecule has 0 unspecified atom stereocenters. The van der Waals surface area contributed by atoms with Crippen LogP contribution in [0.2, 0.25) is 0 Å². The summed E-state index contributed by atoms with van der Waals surface area (Å²) in [5.41, 5.74) is 0.313. The lowest BCUT2D eigenvalue weighted by molar-refractivity contribution is -0.119. The summed E-state index contributed by atoms with van der Waals surface area (Å²) in [6, 6.07) is 5.07. The van der Waals surface area contributed by atoms with Gasteiger partial charge in [0.1, 0.15) is 9.88 Å². The van der Waals surface area contributed by atoms with Gasteiger partial charge in [0.05, 0.1) is 12.2 Å². The molecule has 0 fully saturated rings. The first kappa shape index (κ1) is 19.1. The maximum Gasteiger partial charge on any atom is 0.348 e. The smallest absolute Gasteiger partial charge is 0.348 e. The van der Waals surface area contributed by atoms with Gasteiger partial charge in [-0.15, -0.1) is 22.7 Å². The molecule has 2 aromatic rings. The van der Waals surface area contributed by atoms with E-state index in [-0.39, 0.29) is 12.5 Å². The number of hydrogen-bond acceptors (Lipinski definition) is 7. The maximum atomic E-state index is 12.1. The lowest BCUT2D eigenvalue weighted by Crippen LogP contribution is -2.21. The molecule has 0 aliphatic rings. The number of thiophene rings is 2. The summed E-state index contributed by atoms with van der Waals surface area (Å²) in [5, 5.41) is 4.78. The standard InChI is InChI=1S/C17H19NO5S2/c1-4-22-16(20)11-8-13(10(2)3)25-15(11)18-14(19)9-23-17(21)12-6-5-7-24-12/h5-8,10H,4,9H2,1-3H3,(H,18,19). The van der Waals surface area contributed by atoms with Crippen LogP contribution in [0.4, 0.5) is 5.00 Å². The molecule has 0 aromatic carbocycles. The quantitative estimate of drug-likeness (QED) is 0.736. The number of ether oxygens (including phenoxy) is 2. The zero-order chi connectivity index (χ0) is 18.4. The SMILES string of the molecule is CCOC(=O)c1cc(C(C)C)sc1NC(=O)COC(=O)c1cccs1. The van der Waals surface area contributed by atoms with Crippen molar-refractivity contribution < 1.29 is 23.9 Å². The van der Waals surface area contributed by atoms with Gasteiger partial charge in [0.2, 0.25) is 0 Å². The van der Waals surface area contributed by atoms with E-state index >= 15 is 0 Å². The molecular weight excluding hydrogens is 362 g/mol. The fourth-order valence-corrected chi connectivity index (χ4v) is 3.59. The van der Waals surface area contributed by atoms with E-state index in [0.29, 0.717) is 15.4 Å². The van der Waals surface area contributed by atoms with Crippen molar-refractivity contribution in [3.05, 3.63) is 38.9 Å². The molecule has 0 bridgehead atoms. The van der Waals surface area contributed by atoms with Crippen molar-refractivity contribution in [2.24, 2.45) is 0 Å². The summed E-state index contributed by atoms with van der Waals surface area (Å²) in [6.07, 6.45) is 0. The zero-order valence-corrected chi connectivity index (χ0v) is 15.8. The molecule has 0 saturated heterocycles. The lowest BCUT2D eigenvalue weighted by atomic mass is 10.1.